The lowest BCUT2D eigenvalue weighted by atomic mass is 9.87. The Kier molecular flexibility index (Phi) is 5.82. The van der Waals surface area contributed by atoms with E-state index in [0.717, 1.165) is 43.6 Å². The molecule has 0 unspecified atom stereocenters. The number of likely N-dealkylation sites (tertiary alicyclic amines) is 1. The van der Waals surface area contributed by atoms with E-state index in [0.29, 0.717) is 5.92 Å². The topological polar surface area (TPSA) is 70.5 Å². The Morgan fingerprint density at radius 1 is 1.11 bits per heavy atom. The van der Waals surface area contributed by atoms with Crippen molar-refractivity contribution in [1.29, 1.82) is 0 Å². The highest BCUT2D eigenvalue weighted by Crippen LogP contribution is 2.29. The monoisotopic (exact) mass is 380 g/mol. The molecule has 1 saturated heterocycles. The normalized spacial score (nSPS) is 15.5. The Morgan fingerprint density at radius 3 is 2.32 bits per heavy atom. The Morgan fingerprint density at radius 2 is 1.75 bits per heavy atom. The molecular weight excluding hydrogens is 352 g/mol. The largest absolute Gasteiger partial charge is 0.478 e. The quantitative estimate of drug-likeness (QED) is 0.860. The third kappa shape index (κ3) is 4.58. The van der Waals surface area contributed by atoms with Crippen LogP contribution in [0.3, 0.4) is 0 Å². The van der Waals surface area contributed by atoms with Crippen LogP contribution in [-0.2, 0) is 11.2 Å². The second kappa shape index (κ2) is 8.13. The van der Waals surface area contributed by atoms with Gasteiger partial charge in [-0.3, -0.25) is 9.78 Å². The van der Waals surface area contributed by atoms with Gasteiger partial charge in [-0.25, -0.2) is 4.79 Å². The number of rotatable bonds is 4. The molecule has 0 bridgehead atoms. The van der Waals surface area contributed by atoms with Gasteiger partial charge in [-0.05, 0) is 48.9 Å². The number of carbonyl (C=O) groups excluding carboxylic acids is 1. The summed E-state index contributed by atoms with van der Waals surface area (Å²) in [4.78, 5) is 30.1. The fourth-order valence-corrected chi connectivity index (χ4v) is 3.76. The molecule has 3 rings (SSSR count). The van der Waals surface area contributed by atoms with E-state index in [1.807, 2.05) is 43.9 Å². The summed E-state index contributed by atoms with van der Waals surface area (Å²) < 4.78 is 0. The molecular formula is C23H28N2O3. The van der Waals surface area contributed by atoms with E-state index in [-0.39, 0.29) is 16.9 Å². The summed E-state index contributed by atoms with van der Waals surface area (Å²) in [5.41, 5.74) is 2.96. The maximum Gasteiger partial charge on any atom is 0.335 e. The van der Waals surface area contributed by atoms with Gasteiger partial charge in [-0.2, -0.15) is 0 Å². The van der Waals surface area contributed by atoms with Crippen LogP contribution < -0.4 is 0 Å². The molecule has 28 heavy (non-hydrogen) atoms. The number of aromatic nitrogens is 1. The molecule has 0 saturated carbocycles. The predicted molar refractivity (Wildman–Crippen MR) is 109 cm³/mol. The van der Waals surface area contributed by atoms with Crippen LogP contribution in [0.2, 0.25) is 0 Å². The van der Waals surface area contributed by atoms with E-state index < -0.39 is 5.97 Å². The Labute approximate surface area is 166 Å². The zero-order valence-electron chi connectivity index (χ0n) is 16.8. The molecule has 0 atom stereocenters. The molecule has 1 aromatic heterocycles. The predicted octanol–water partition coefficient (Wildman–Crippen LogP) is 4.27. The molecule has 2 aromatic rings. The van der Waals surface area contributed by atoms with Crippen molar-refractivity contribution in [3.8, 4) is 11.3 Å². The van der Waals surface area contributed by atoms with Crippen LogP contribution in [0.5, 0.6) is 0 Å². The summed E-state index contributed by atoms with van der Waals surface area (Å²) in [5.74, 6) is -0.179. The highest BCUT2D eigenvalue weighted by atomic mass is 16.4. The second-order valence-electron chi connectivity index (χ2n) is 8.58. The zero-order valence-corrected chi connectivity index (χ0v) is 16.8. The van der Waals surface area contributed by atoms with Crippen LogP contribution in [0.25, 0.3) is 11.3 Å². The number of nitrogens with zero attached hydrogens (tertiary/aromatic N) is 2. The fourth-order valence-electron chi connectivity index (χ4n) is 3.76. The molecule has 1 aromatic carbocycles. The van der Waals surface area contributed by atoms with Gasteiger partial charge in [-0.15, -0.1) is 0 Å². The first kappa shape index (κ1) is 20.1. The van der Waals surface area contributed by atoms with Crippen molar-refractivity contribution in [3.63, 3.8) is 0 Å². The van der Waals surface area contributed by atoms with Gasteiger partial charge in [0.1, 0.15) is 0 Å². The number of pyridine rings is 1. The highest BCUT2D eigenvalue weighted by Gasteiger charge is 2.30. The Balaban J connectivity index is 1.69. The number of carbonyl (C=O) groups is 2. The number of piperidine rings is 1. The minimum atomic E-state index is -0.927. The fraction of sp³-hybridized carbons (Fsp3) is 0.435. The summed E-state index contributed by atoms with van der Waals surface area (Å²) in [7, 11) is 0. The molecule has 2 heterocycles. The lowest BCUT2D eigenvalue weighted by Gasteiger charge is -2.36. The Hall–Kier alpha value is -2.69. The van der Waals surface area contributed by atoms with Crippen molar-refractivity contribution < 1.29 is 14.7 Å². The summed E-state index contributed by atoms with van der Waals surface area (Å²) in [6.45, 7) is 7.53. The smallest absolute Gasteiger partial charge is 0.335 e. The molecule has 1 aliphatic rings. The Bertz CT molecular complexity index is 845. The number of benzene rings is 1. The number of amides is 1. The maximum atomic E-state index is 12.5. The van der Waals surface area contributed by atoms with E-state index in [1.54, 1.807) is 18.3 Å². The first-order valence-electron chi connectivity index (χ1n) is 9.82. The third-order valence-corrected chi connectivity index (χ3v) is 5.35. The van der Waals surface area contributed by atoms with Gasteiger partial charge >= 0.3 is 5.97 Å². The number of hydrogen-bond acceptors (Lipinski definition) is 3. The van der Waals surface area contributed by atoms with Crippen LogP contribution in [0.4, 0.5) is 0 Å². The number of hydrogen-bond donors (Lipinski definition) is 1. The molecule has 1 fully saturated rings. The average Bonchev–Trinajstić information content (AvgIpc) is 2.68. The summed E-state index contributed by atoms with van der Waals surface area (Å²) in [6.07, 6.45) is 4.68. The lowest BCUT2D eigenvalue weighted by Crippen LogP contribution is -2.44. The van der Waals surface area contributed by atoms with Gasteiger partial charge in [0, 0.05) is 30.3 Å². The molecule has 0 aliphatic carbocycles. The van der Waals surface area contributed by atoms with E-state index >= 15 is 0 Å². The van der Waals surface area contributed by atoms with Crippen LogP contribution in [0.15, 0.2) is 42.6 Å². The summed E-state index contributed by atoms with van der Waals surface area (Å²) >= 11 is 0. The van der Waals surface area contributed by atoms with Crippen molar-refractivity contribution in [2.75, 3.05) is 13.1 Å². The van der Waals surface area contributed by atoms with Gasteiger partial charge in [0.2, 0.25) is 5.91 Å². The van der Waals surface area contributed by atoms with Crippen LogP contribution in [0.1, 0.15) is 49.5 Å². The zero-order chi connectivity index (χ0) is 20.3. The first-order chi connectivity index (χ1) is 13.3. The van der Waals surface area contributed by atoms with Crippen LogP contribution >= 0.6 is 0 Å². The van der Waals surface area contributed by atoms with Gasteiger partial charge in [0.05, 0.1) is 11.3 Å². The molecule has 1 aliphatic heterocycles. The number of aromatic carboxylic acids is 1. The van der Waals surface area contributed by atoms with Gasteiger partial charge in [0.25, 0.3) is 0 Å². The summed E-state index contributed by atoms with van der Waals surface area (Å²) in [5, 5.41) is 9.08. The first-order valence-corrected chi connectivity index (χ1v) is 9.82. The standard InChI is InChI=1S/C23H28N2O3/c1-23(2,3)22(28)25-13-10-16(11-14-25)15-19-5-4-12-24-20(19)17-6-8-18(9-7-17)21(26)27/h4-9,12,16H,10-11,13-15H2,1-3H3,(H,26,27). The maximum absolute atomic E-state index is 12.5. The van der Waals surface area contributed by atoms with Crippen molar-refractivity contribution >= 4 is 11.9 Å². The number of carboxylic acid groups (broad SMARTS) is 1. The highest BCUT2D eigenvalue weighted by molar-refractivity contribution is 5.88. The molecule has 5 heteroatoms. The van der Waals surface area contributed by atoms with E-state index in [2.05, 4.69) is 11.1 Å². The van der Waals surface area contributed by atoms with E-state index in [1.165, 1.54) is 5.56 Å². The number of carboxylic acids is 1. The van der Waals surface area contributed by atoms with Gasteiger partial charge in [-0.1, -0.05) is 39.0 Å². The molecule has 5 nitrogen and oxygen atoms in total. The van der Waals surface area contributed by atoms with Crippen molar-refractivity contribution in [2.45, 2.75) is 40.0 Å². The molecule has 148 valence electrons. The van der Waals surface area contributed by atoms with Crippen LogP contribution in [-0.4, -0.2) is 40.0 Å². The molecule has 1 N–H and O–H groups in total. The van der Waals surface area contributed by atoms with Crippen molar-refractivity contribution in [3.05, 3.63) is 53.7 Å². The van der Waals surface area contributed by atoms with Crippen molar-refractivity contribution in [1.82, 2.24) is 9.88 Å². The van der Waals surface area contributed by atoms with Gasteiger partial charge < -0.3 is 10.0 Å². The van der Waals surface area contributed by atoms with Gasteiger partial charge in [0.15, 0.2) is 0 Å². The van der Waals surface area contributed by atoms with E-state index in [4.69, 9.17) is 5.11 Å². The average molecular weight is 380 g/mol. The minimum Gasteiger partial charge on any atom is -0.478 e. The minimum absolute atomic E-state index is 0.228. The molecule has 0 radical (unpaired) electrons. The molecule has 0 spiro atoms. The SMILES string of the molecule is CC(C)(C)C(=O)N1CCC(Cc2cccnc2-c2ccc(C(=O)O)cc2)CC1. The summed E-state index contributed by atoms with van der Waals surface area (Å²) in [6, 6.07) is 10.9. The lowest BCUT2D eigenvalue weighted by molar-refractivity contribution is -0.140. The van der Waals surface area contributed by atoms with Crippen molar-refractivity contribution in [2.24, 2.45) is 11.3 Å². The third-order valence-electron chi connectivity index (χ3n) is 5.35. The van der Waals surface area contributed by atoms with Crippen LogP contribution in [0, 0.1) is 11.3 Å². The van der Waals surface area contributed by atoms with E-state index in [9.17, 15) is 9.59 Å². The second-order valence-corrected chi connectivity index (χ2v) is 8.58. The molecule has 1 amide bonds.